The lowest BCUT2D eigenvalue weighted by Crippen LogP contribution is -2.73. The number of hydrogen-bond acceptors (Lipinski definition) is 2. The van der Waals surface area contributed by atoms with Crippen molar-refractivity contribution < 1.29 is 70.2 Å². The normalized spacial score (nSPS) is 15.1. The fourth-order valence-electron chi connectivity index (χ4n) is 1.99. The second-order valence-electron chi connectivity index (χ2n) is 4.84. The SMILES string of the molecule is Fc1nc(F)c(F)c(C(C(F)(F)F)(C(F)(F)F)C(F)(F)C(F)(F)C(F)(F)F)n1. The molecule has 18 heteroatoms. The van der Waals surface area contributed by atoms with Crippen molar-refractivity contribution in [2.45, 2.75) is 35.8 Å². The van der Waals surface area contributed by atoms with Gasteiger partial charge in [0.2, 0.25) is 5.82 Å². The van der Waals surface area contributed by atoms with Gasteiger partial charge in [0, 0.05) is 0 Å². The number of halogens is 16. The summed E-state index contributed by atoms with van der Waals surface area (Å²) in [6, 6.07) is 0. The lowest BCUT2D eigenvalue weighted by atomic mass is 9.73. The van der Waals surface area contributed by atoms with Crippen LogP contribution in [-0.4, -0.2) is 40.3 Å². The van der Waals surface area contributed by atoms with Crippen molar-refractivity contribution in [3.8, 4) is 0 Å². The summed E-state index contributed by atoms with van der Waals surface area (Å²) in [6.45, 7) is 0. The molecule has 162 valence electrons. The second-order valence-corrected chi connectivity index (χ2v) is 4.84. The fraction of sp³-hybridized carbons (Fsp3) is 0.600. The van der Waals surface area contributed by atoms with Crippen molar-refractivity contribution in [1.82, 2.24) is 9.97 Å². The van der Waals surface area contributed by atoms with Gasteiger partial charge in [-0.1, -0.05) is 0 Å². The molecule has 1 aromatic heterocycles. The fourth-order valence-corrected chi connectivity index (χ4v) is 1.99. The Kier molecular flexibility index (Phi) is 5.34. The quantitative estimate of drug-likeness (QED) is 0.363. The zero-order valence-corrected chi connectivity index (χ0v) is 11.9. The van der Waals surface area contributed by atoms with E-state index >= 15 is 0 Å². The van der Waals surface area contributed by atoms with Crippen molar-refractivity contribution in [3.05, 3.63) is 23.5 Å². The number of hydrogen-bond donors (Lipinski definition) is 0. The Morgan fingerprint density at radius 3 is 1.21 bits per heavy atom. The third-order valence-corrected chi connectivity index (χ3v) is 3.21. The molecule has 0 atom stereocenters. The predicted octanol–water partition coefficient (Wildman–Crippen LogP) is 5.09. The molecule has 1 rings (SSSR count). The Hall–Kier alpha value is -2.04. The van der Waals surface area contributed by atoms with Crippen LogP contribution in [0, 0.1) is 17.8 Å². The molecule has 0 N–H and O–H groups in total. The maximum absolute atomic E-state index is 13.8. The smallest absolute Gasteiger partial charge is 0.202 e. The van der Waals surface area contributed by atoms with Crippen LogP contribution >= 0.6 is 0 Å². The van der Waals surface area contributed by atoms with Crippen molar-refractivity contribution >= 4 is 0 Å². The summed E-state index contributed by atoms with van der Waals surface area (Å²) in [5.74, 6) is -23.5. The van der Waals surface area contributed by atoms with Gasteiger partial charge in [-0.25, -0.2) is 4.98 Å². The van der Waals surface area contributed by atoms with Crippen LogP contribution in [-0.2, 0) is 5.41 Å². The van der Waals surface area contributed by atoms with E-state index in [9.17, 15) is 70.2 Å². The van der Waals surface area contributed by atoms with Crippen LogP contribution in [0.5, 0.6) is 0 Å². The number of alkyl halides is 13. The van der Waals surface area contributed by atoms with Crippen molar-refractivity contribution in [2.75, 3.05) is 0 Å². The van der Waals surface area contributed by atoms with Crippen molar-refractivity contribution in [2.24, 2.45) is 0 Å². The van der Waals surface area contributed by atoms with E-state index in [2.05, 4.69) is 0 Å². The van der Waals surface area contributed by atoms with E-state index in [1.807, 2.05) is 0 Å². The summed E-state index contributed by atoms with van der Waals surface area (Å²) >= 11 is 0. The van der Waals surface area contributed by atoms with Crippen molar-refractivity contribution in [1.29, 1.82) is 0 Å². The lowest BCUT2D eigenvalue weighted by Gasteiger charge is -2.44. The highest BCUT2D eigenvalue weighted by atomic mass is 19.4. The van der Waals surface area contributed by atoms with Gasteiger partial charge in [-0.2, -0.15) is 75.2 Å². The summed E-state index contributed by atoms with van der Waals surface area (Å²) in [5.41, 5.74) is -12.0. The van der Waals surface area contributed by atoms with Gasteiger partial charge in [0.15, 0.2) is 0 Å². The summed E-state index contributed by atoms with van der Waals surface area (Å²) in [7, 11) is 0. The molecule has 0 bridgehead atoms. The highest BCUT2D eigenvalue weighted by molar-refractivity contribution is 5.31. The molecule has 0 saturated carbocycles. The summed E-state index contributed by atoms with van der Waals surface area (Å²) in [6.07, 6.45) is -26.7. The summed E-state index contributed by atoms with van der Waals surface area (Å²) in [4.78, 5) is 2.88. The average molecular weight is 452 g/mol. The van der Waals surface area contributed by atoms with Gasteiger partial charge in [-0.05, 0) is 0 Å². The third-order valence-electron chi connectivity index (χ3n) is 3.21. The van der Waals surface area contributed by atoms with Gasteiger partial charge in [0.05, 0.1) is 0 Å². The molecule has 0 aromatic carbocycles. The molecular formula is C10F16N2. The summed E-state index contributed by atoms with van der Waals surface area (Å²) < 4.78 is 208. The van der Waals surface area contributed by atoms with E-state index in [1.165, 1.54) is 4.98 Å². The first-order valence-corrected chi connectivity index (χ1v) is 5.92. The minimum absolute atomic E-state index is 1.29. The Labute approximate surface area is 141 Å². The monoisotopic (exact) mass is 452 g/mol. The molecule has 0 saturated heterocycles. The van der Waals surface area contributed by atoms with Crippen LogP contribution in [0.25, 0.3) is 0 Å². The standard InChI is InChI=1S/C10F16N2/c11-1-2(27-4(13)28-3(1)12)5(8(18,19)20,9(21,22)23)6(14,15)7(16,17)10(24,25)26. The van der Waals surface area contributed by atoms with Crippen molar-refractivity contribution in [3.63, 3.8) is 0 Å². The Morgan fingerprint density at radius 2 is 0.893 bits per heavy atom. The van der Waals surface area contributed by atoms with E-state index in [-0.39, 0.29) is 0 Å². The molecule has 0 unspecified atom stereocenters. The number of rotatable bonds is 3. The van der Waals surface area contributed by atoms with E-state index in [0.717, 1.165) is 0 Å². The van der Waals surface area contributed by atoms with E-state index in [1.54, 1.807) is 4.98 Å². The van der Waals surface area contributed by atoms with E-state index in [4.69, 9.17) is 0 Å². The third kappa shape index (κ3) is 2.99. The lowest BCUT2D eigenvalue weighted by molar-refractivity contribution is -0.433. The molecule has 1 heterocycles. The minimum Gasteiger partial charge on any atom is -0.202 e. The minimum atomic E-state index is -8.33. The van der Waals surface area contributed by atoms with Gasteiger partial charge in [-0.3, -0.25) is 0 Å². The zero-order chi connectivity index (χ0) is 22.7. The van der Waals surface area contributed by atoms with Gasteiger partial charge < -0.3 is 0 Å². The molecule has 0 fully saturated rings. The number of aromatic nitrogens is 2. The van der Waals surface area contributed by atoms with Crippen LogP contribution in [0.2, 0.25) is 0 Å². The van der Waals surface area contributed by atoms with Gasteiger partial charge in [0.25, 0.3) is 11.4 Å². The van der Waals surface area contributed by atoms with E-state index < -0.39 is 59.3 Å². The Bertz CT molecular complexity index is 728. The summed E-state index contributed by atoms with van der Waals surface area (Å²) in [5, 5.41) is 0. The van der Waals surface area contributed by atoms with Gasteiger partial charge >= 0.3 is 36.5 Å². The van der Waals surface area contributed by atoms with Crippen LogP contribution in [0.15, 0.2) is 0 Å². The highest BCUT2D eigenvalue weighted by Crippen LogP contribution is 2.65. The molecule has 0 spiro atoms. The van der Waals surface area contributed by atoms with Crippen LogP contribution in [0.1, 0.15) is 5.69 Å². The van der Waals surface area contributed by atoms with E-state index in [0.29, 0.717) is 0 Å². The molecular weight excluding hydrogens is 452 g/mol. The van der Waals surface area contributed by atoms with Crippen LogP contribution in [0.3, 0.4) is 0 Å². The Morgan fingerprint density at radius 1 is 0.500 bits per heavy atom. The molecule has 0 radical (unpaired) electrons. The molecule has 1 aromatic rings. The average Bonchev–Trinajstić information content (AvgIpc) is 2.39. The molecule has 0 amide bonds. The molecule has 0 aliphatic carbocycles. The molecule has 0 aliphatic rings. The first-order chi connectivity index (χ1) is 12.1. The highest BCUT2D eigenvalue weighted by Gasteiger charge is 2.94. The predicted molar refractivity (Wildman–Crippen MR) is 51.6 cm³/mol. The maximum atomic E-state index is 13.8. The number of nitrogens with zero attached hydrogens (tertiary/aromatic N) is 2. The first-order valence-electron chi connectivity index (χ1n) is 5.92. The largest absolute Gasteiger partial charge is 0.459 e. The topological polar surface area (TPSA) is 25.8 Å². The molecule has 0 aliphatic heterocycles. The van der Waals surface area contributed by atoms with Gasteiger partial charge in [-0.15, -0.1) is 0 Å². The maximum Gasteiger partial charge on any atom is 0.459 e. The van der Waals surface area contributed by atoms with Crippen LogP contribution < -0.4 is 0 Å². The van der Waals surface area contributed by atoms with Crippen LogP contribution in [0.4, 0.5) is 70.2 Å². The Balaban J connectivity index is 4.31. The molecule has 28 heavy (non-hydrogen) atoms. The second kappa shape index (κ2) is 6.23. The first kappa shape index (κ1) is 24.0. The molecule has 2 nitrogen and oxygen atoms in total. The van der Waals surface area contributed by atoms with Gasteiger partial charge in [0.1, 0.15) is 5.69 Å². The zero-order valence-electron chi connectivity index (χ0n) is 11.9.